The highest BCUT2D eigenvalue weighted by Gasteiger charge is 2.21. The second kappa shape index (κ2) is 8.15. The fourth-order valence-electron chi connectivity index (χ4n) is 3.49. The van der Waals surface area contributed by atoms with Crippen LogP contribution in [0, 0.1) is 5.82 Å². The molecule has 2 heterocycles. The predicted molar refractivity (Wildman–Crippen MR) is 96.3 cm³/mol. The molecule has 1 aromatic rings. The smallest absolute Gasteiger partial charge is 0.223 e. The number of amides is 1. The van der Waals surface area contributed by atoms with Crippen LogP contribution in [0.4, 0.5) is 10.1 Å². The summed E-state index contributed by atoms with van der Waals surface area (Å²) in [5.74, 6) is -0.259. The number of carbonyl (C=O) groups excluding carboxylic acids is 1. The molecule has 0 aromatic heterocycles. The van der Waals surface area contributed by atoms with Gasteiger partial charge in [-0.05, 0) is 44.5 Å². The number of hydrogen-bond acceptors (Lipinski definition) is 4. The van der Waals surface area contributed by atoms with Crippen LogP contribution in [-0.2, 0) is 9.53 Å². The van der Waals surface area contributed by atoms with Gasteiger partial charge in [0.15, 0.2) is 0 Å². The zero-order chi connectivity index (χ0) is 17.8. The molecule has 1 aromatic carbocycles. The van der Waals surface area contributed by atoms with Gasteiger partial charge in [0.1, 0.15) is 5.82 Å². The van der Waals surface area contributed by atoms with E-state index in [2.05, 4.69) is 22.2 Å². The summed E-state index contributed by atoms with van der Waals surface area (Å²) in [6, 6.07) is 5.07. The van der Waals surface area contributed by atoms with Crippen molar-refractivity contribution in [1.29, 1.82) is 0 Å². The van der Waals surface area contributed by atoms with Gasteiger partial charge in [0.05, 0.1) is 24.3 Å². The van der Waals surface area contributed by atoms with E-state index in [-0.39, 0.29) is 23.9 Å². The molecule has 0 saturated carbocycles. The number of benzene rings is 1. The third-order valence-electron chi connectivity index (χ3n) is 5.13. The Morgan fingerprint density at radius 3 is 2.76 bits per heavy atom. The molecule has 138 valence electrons. The molecule has 0 spiro atoms. The molecule has 0 aliphatic carbocycles. The second-order valence-electron chi connectivity index (χ2n) is 7.13. The molecule has 2 aliphatic heterocycles. The molecule has 3 rings (SSSR count). The zero-order valence-corrected chi connectivity index (χ0v) is 15.1. The summed E-state index contributed by atoms with van der Waals surface area (Å²) >= 11 is 0. The van der Waals surface area contributed by atoms with Gasteiger partial charge in [-0.25, -0.2) is 4.39 Å². The number of likely N-dealkylation sites (N-methyl/N-ethyl adjacent to an activating group) is 1. The predicted octanol–water partition coefficient (Wildman–Crippen LogP) is 2.32. The summed E-state index contributed by atoms with van der Waals surface area (Å²) in [6.07, 6.45) is 2.37. The monoisotopic (exact) mass is 349 g/mol. The van der Waals surface area contributed by atoms with Crippen LogP contribution in [0.1, 0.15) is 37.8 Å². The molecule has 6 heteroatoms. The van der Waals surface area contributed by atoms with Crippen molar-refractivity contribution >= 4 is 11.6 Å². The van der Waals surface area contributed by atoms with Crippen molar-refractivity contribution in [2.45, 2.75) is 38.3 Å². The number of nitrogens with zero attached hydrogens (tertiary/aromatic N) is 2. The standard InChI is InChI=1S/C19H28FN3O2/c1-14(21-19(24)13-16-4-3-11-25-16)15-5-6-18(17(20)12-15)23-9-7-22(2)8-10-23/h5-6,12,14,16H,3-4,7-11,13H2,1-2H3,(H,21,24)/t14-,16+/m0/s1. The molecule has 25 heavy (non-hydrogen) atoms. The highest BCUT2D eigenvalue weighted by molar-refractivity contribution is 5.77. The lowest BCUT2D eigenvalue weighted by Crippen LogP contribution is -2.44. The molecule has 2 atom stereocenters. The van der Waals surface area contributed by atoms with Gasteiger partial charge in [-0.15, -0.1) is 0 Å². The van der Waals surface area contributed by atoms with Crippen LogP contribution in [0.15, 0.2) is 18.2 Å². The van der Waals surface area contributed by atoms with Crippen molar-refractivity contribution in [3.8, 4) is 0 Å². The van der Waals surface area contributed by atoms with E-state index < -0.39 is 0 Å². The molecule has 0 bridgehead atoms. The van der Waals surface area contributed by atoms with E-state index in [0.29, 0.717) is 12.1 Å². The van der Waals surface area contributed by atoms with E-state index in [4.69, 9.17) is 4.74 Å². The summed E-state index contributed by atoms with van der Waals surface area (Å²) in [7, 11) is 2.08. The van der Waals surface area contributed by atoms with Crippen molar-refractivity contribution in [3.63, 3.8) is 0 Å². The first-order valence-electron chi connectivity index (χ1n) is 9.17. The Morgan fingerprint density at radius 2 is 2.12 bits per heavy atom. The van der Waals surface area contributed by atoms with Gasteiger partial charge < -0.3 is 19.9 Å². The van der Waals surface area contributed by atoms with Gasteiger partial charge in [-0.3, -0.25) is 4.79 Å². The summed E-state index contributed by atoms with van der Waals surface area (Å²) in [6.45, 7) is 6.18. The third kappa shape index (κ3) is 4.70. The molecule has 5 nitrogen and oxygen atoms in total. The first kappa shape index (κ1) is 18.1. The van der Waals surface area contributed by atoms with Crippen molar-refractivity contribution < 1.29 is 13.9 Å². The highest BCUT2D eigenvalue weighted by Crippen LogP contribution is 2.25. The Kier molecular flexibility index (Phi) is 5.91. The number of piperazine rings is 1. The highest BCUT2D eigenvalue weighted by atomic mass is 19.1. The zero-order valence-electron chi connectivity index (χ0n) is 15.1. The van der Waals surface area contributed by atoms with E-state index in [0.717, 1.165) is 51.2 Å². The molecular weight excluding hydrogens is 321 g/mol. The van der Waals surface area contributed by atoms with E-state index in [9.17, 15) is 9.18 Å². The van der Waals surface area contributed by atoms with Crippen LogP contribution in [0.5, 0.6) is 0 Å². The van der Waals surface area contributed by atoms with Crippen molar-refractivity contribution in [3.05, 3.63) is 29.6 Å². The fraction of sp³-hybridized carbons (Fsp3) is 0.632. The first-order chi connectivity index (χ1) is 12.0. The van der Waals surface area contributed by atoms with E-state index in [1.54, 1.807) is 6.07 Å². The molecule has 0 radical (unpaired) electrons. The number of rotatable bonds is 5. The van der Waals surface area contributed by atoms with Gasteiger partial charge >= 0.3 is 0 Å². The summed E-state index contributed by atoms with van der Waals surface area (Å²) in [4.78, 5) is 16.4. The Morgan fingerprint density at radius 1 is 1.36 bits per heavy atom. The molecule has 1 N–H and O–H groups in total. The van der Waals surface area contributed by atoms with E-state index >= 15 is 0 Å². The fourth-order valence-corrected chi connectivity index (χ4v) is 3.49. The van der Waals surface area contributed by atoms with E-state index in [1.165, 1.54) is 0 Å². The number of nitrogens with one attached hydrogen (secondary N) is 1. The summed E-state index contributed by atoms with van der Waals surface area (Å²) in [5.41, 5.74) is 1.44. The molecule has 1 amide bonds. The maximum Gasteiger partial charge on any atom is 0.223 e. The maximum absolute atomic E-state index is 14.6. The van der Waals surface area contributed by atoms with Crippen LogP contribution in [-0.4, -0.2) is 56.7 Å². The number of halogens is 1. The Hall–Kier alpha value is -1.66. The first-order valence-corrected chi connectivity index (χ1v) is 9.17. The summed E-state index contributed by atoms with van der Waals surface area (Å²) in [5, 5.41) is 2.95. The Labute approximate surface area is 149 Å². The lowest BCUT2D eigenvalue weighted by molar-refractivity contribution is -0.123. The Bertz CT molecular complexity index is 596. The topological polar surface area (TPSA) is 44.8 Å². The number of anilines is 1. The SMILES string of the molecule is C[C@H](NC(=O)C[C@H]1CCCO1)c1ccc(N2CCN(C)CC2)c(F)c1. The van der Waals surface area contributed by atoms with Gasteiger partial charge in [0, 0.05) is 32.8 Å². The molecule has 2 saturated heterocycles. The van der Waals surface area contributed by atoms with Gasteiger partial charge in [-0.2, -0.15) is 0 Å². The molecule has 2 aliphatic rings. The molecule has 2 fully saturated rings. The van der Waals surface area contributed by atoms with Crippen LogP contribution >= 0.6 is 0 Å². The van der Waals surface area contributed by atoms with Crippen LogP contribution in [0.3, 0.4) is 0 Å². The largest absolute Gasteiger partial charge is 0.378 e. The minimum absolute atomic E-state index is 0.0311. The van der Waals surface area contributed by atoms with Crippen LogP contribution < -0.4 is 10.2 Å². The van der Waals surface area contributed by atoms with Gasteiger partial charge in [-0.1, -0.05) is 6.07 Å². The number of hydrogen-bond donors (Lipinski definition) is 1. The normalized spacial score (nSPS) is 22.8. The average Bonchev–Trinajstić information content (AvgIpc) is 3.08. The minimum atomic E-state index is -0.220. The number of ether oxygens (including phenoxy) is 1. The van der Waals surface area contributed by atoms with Gasteiger partial charge in [0.25, 0.3) is 0 Å². The van der Waals surface area contributed by atoms with Crippen molar-refractivity contribution in [2.24, 2.45) is 0 Å². The molecule has 0 unspecified atom stereocenters. The lowest BCUT2D eigenvalue weighted by atomic mass is 10.1. The lowest BCUT2D eigenvalue weighted by Gasteiger charge is -2.34. The van der Waals surface area contributed by atoms with Crippen LogP contribution in [0.25, 0.3) is 0 Å². The third-order valence-corrected chi connectivity index (χ3v) is 5.13. The quantitative estimate of drug-likeness (QED) is 0.886. The van der Waals surface area contributed by atoms with Crippen molar-refractivity contribution in [1.82, 2.24) is 10.2 Å². The number of carbonyl (C=O) groups is 1. The van der Waals surface area contributed by atoms with Crippen LogP contribution in [0.2, 0.25) is 0 Å². The van der Waals surface area contributed by atoms with Crippen molar-refractivity contribution in [2.75, 3.05) is 44.7 Å². The second-order valence-corrected chi connectivity index (χ2v) is 7.13. The molecular formula is C19H28FN3O2. The maximum atomic E-state index is 14.6. The van der Waals surface area contributed by atoms with E-state index in [1.807, 2.05) is 19.1 Å². The average molecular weight is 349 g/mol. The Balaban J connectivity index is 1.58. The minimum Gasteiger partial charge on any atom is -0.378 e. The van der Waals surface area contributed by atoms with Gasteiger partial charge in [0.2, 0.25) is 5.91 Å². The summed E-state index contributed by atoms with van der Waals surface area (Å²) < 4.78 is 20.1.